The quantitative estimate of drug-likeness (QED) is 0.193. The van der Waals surface area contributed by atoms with E-state index < -0.39 is 6.17 Å². The summed E-state index contributed by atoms with van der Waals surface area (Å²) in [5.41, 5.74) is 14.7. The van der Waals surface area contributed by atoms with E-state index in [0.29, 0.717) is 33.1 Å². The number of hydrogen-bond donors (Lipinski definition) is 4. The summed E-state index contributed by atoms with van der Waals surface area (Å²) in [6.45, 7) is 0. The highest BCUT2D eigenvalue weighted by Crippen LogP contribution is 2.37. The van der Waals surface area contributed by atoms with Crippen LogP contribution in [0.15, 0.2) is 69.6 Å². The monoisotopic (exact) mass is 435 g/mol. The summed E-state index contributed by atoms with van der Waals surface area (Å²) in [5.74, 6) is 0.226. The summed E-state index contributed by atoms with van der Waals surface area (Å²) in [4.78, 5) is 18.0. The number of carbonyl (C=O) groups is 1. The molecule has 0 aliphatic rings. The molecular formula is C22H21N5O3S. The number of nitrogens with zero attached hydrogens (tertiary/aromatic N) is 1. The van der Waals surface area contributed by atoms with E-state index in [4.69, 9.17) is 20.6 Å². The molecule has 0 saturated heterocycles. The van der Waals surface area contributed by atoms with Crippen LogP contribution in [0.2, 0.25) is 0 Å². The van der Waals surface area contributed by atoms with Crippen LogP contribution in [0.4, 0.5) is 17.1 Å². The van der Waals surface area contributed by atoms with E-state index >= 15 is 0 Å². The molecule has 1 unspecified atom stereocenters. The lowest BCUT2D eigenvalue weighted by atomic mass is 10.1. The molecular weight excluding hydrogens is 414 g/mol. The lowest BCUT2D eigenvalue weighted by molar-refractivity contribution is 0.102. The maximum Gasteiger partial charge on any atom is 0.258 e. The average molecular weight is 436 g/mol. The number of methoxy groups -OCH3 is 1. The first-order chi connectivity index (χ1) is 15.1. The van der Waals surface area contributed by atoms with Crippen molar-refractivity contribution in [1.29, 1.82) is 0 Å². The van der Waals surface area contributed by atoms with Crippen molar-refractivity contribution in [2.45, 2.75) is 6.17 Å². The summed E-state index contributed by atoms with van der Waals surface area (Å²) in [7, 11) is 1.55. The van der Waals surface area contributed by atoms with Gasteiger partial charge in [0.25, 0.3) is 5.91 Å². The van der Waals surface area contributed by atoms with Crippen molar-refractivity contribution in [2.75, 3.05) is 17.7 Å². The molecule has 31 heavy (non-hydrogen) atoms. The Balaban J connectivity index is 1.64. The Kier molecular flexibility index (Phi) is 5.87. The van der Waals surface area contributed by atoms with Crippen molar-refractivity contribution >= 4 is 51.6 Å². The molecule has 0 aliphatic carbocycles. The first kappa shape index (κ1) is 20.5. The first-order valence-electron chi connectivity index (χ1n) is 9.40. The van der Waals surface area contributed by atoms with Crippen LogP contribution in [-0.4, -0.2) is 19.4 Å². The molecule has 8 nitrogen and oxygen atoms in total. The van der Waals surface area contributed by atoms with Crippen LogP contribution in [0.1, 0.15) is 21.4 Å². The Morgan fingerprint density at radius 3 is 2.81 bits per heavy atom. The Hall–Kier alpha value is -3.82. The molecule has 1 amide bonds. The van der Waals surface area contributed by atoms with Gasteiger partial charge in [-0.25, -0.2) is 4.99 Å². The van der Waals surface area contributed by atoms with Crippen molar-refractivity contribution in [3.8, 4) is 5.75 Å². The smallest absolute Gasteiger partial charge is 0.258 e. The molecule has 0 saturated carbocycles. The van der Waals surface area contributed by atoms with Crippen LogP contribution in [0.25, 0.3) is 11.0 Å². The number of anilines is 2. The Morgan fingerprint density at radius 2 is 2.06 bits per heavy atom. The molecule has 4 rings (SSSR count). The number of aliphatic imine (C=N–C) groups is 1. The minimum absolute atomic E-state index is 0.342. The molecule has 2 aromatic carbocycles. The van der Waals surface area contributed by atoms with Gasteiger partial charge in [-0.1, -0.05) is 18.2 Å². The second-order valence-corrected chi connectivity index (χ2v) is 7.50. The highest BCUT2D eigenvalue weighted by Gasteiger charge is 2.22. The second kappa shape index (κ2) is 8.90. The fourth-order valence-electron chi connectivity index (χ4n) is 3.19. The van der Waals surface area contributed by atoms with Gasteiger partial charge in [-0.15, -0.1) is 11.3 Å². The van der Waals surface area contributed by atoms with E-state index in [1.807, 2.05) is 30.3 Å². The number of benzene rings is 2. The van der Waals surface area contributed by atoms with Gasteiger partial charge in [0.05, 0.1) is 41.5 Å². The van der Waals surface area contributed by atoms with Gasteiger partial charge in [-0.3, -0.25) is 4.79 Å². The van der Waals surface area contributed by atoms with Crippen LogP contribution >= 0.6 is 11.3 Å². The minimum atomic E-state index is -0.565. The molecule has 0 spiro atoms. The number of furan rings is 1. The fraction of sp³-hybridized carbons (Fsp3) is 0.0909. The zero-order valence-electron chi connectivity index (χ0n) is 16.7. The Morgan fingerprint density at radius 1 is 1.26 bits per heavy atom. The number of ether oxygens (including phenoxy) is 1. The molecule has 2 heterocycles. The zero-order valence-corrected chi connectivity index (χ0v) is 17.5. The van der Waals surface area contributed by atoms with Crippen LogP contribution in [0.3, 0.4) is 0 Å². The van der Waals surface area contributed by atoms with E-state index in [9.17, 15) is 4.79 Å². The molecule has 158 valence electrons. The Bertz CT molecular complexity index is 1230. The number of hydrogen-bond acceptors (Lipinski definition) is 7. The average Bonchev–Trinajstić information content (AvgIpc) is 3.42. The fourth-order valence-corrected chi connectivity index (χ4v) is 4.14. The number of para-hydroxylation sites is 1. The molecule has 0 bridgehead atoms. The third-order valence-electron chi connectivity index (χ3n) is 4.65. The summed E-state index contributed by atoms with van der Waals surface area (Å²) >= 11 is 1.33. The molecule has 9 heteroatoms. The van der Waals surface area contributed by atoms with Crippen molar-refractivity contribution in [1.82, 2.24) is 0 Å². The number of amides is 1. The molecule has 2 aromatic heterocycles. The van der Waals surface area contributed by atoms with Gasteiger partial charge in [-0.05, 0) is 18.2 Å². The zero-order chi connectivity index (χ0) is 21.8. The van der Waals surface area contributed by atoms with Crippen LogP contribution in [0, 0.1) is 0 Å². The lowest BCUT2D eigenvalue weighted by Gasteiger charge is -2.15. The second-order valence-electron chi connectivity index (χ2n) is 6.59. The topological polar surface area (TPSA) is 128 Å². The number of rotatable bonds is 7. The number of fused-ring (bicyclic) bond motifs is 1. The summed E-state index contributed by atoms with van der Waals surface area (Å²) in [6, 6.07) is 14.8. The molecule has 6 N–H and O–H groups in total. The van der Waals surface area contributed by atoms with E-state index in [1.54, 1.807) is 37.0 Å². The molecule has 0 fully saturated rings. The predicted octanol–water partition coefficient (Wildman–Crippen LogP) is 4.44. The van der Waals surface area contributed by atoms with E-state index in [1.165, 1.54) is 11.3 Å². The largest absolute Gasteiger partial charge is 0.497 e. The summed E-state index contributed by atoms with van der Waals surface area (Å²) < 4.78 is 10.7. The molecule has 4 aromatic rings. The van der Waals surface area contributed by atoms with Crippen LogP contribution < -0.4 is 26.8 Å². The maximum atomic E-state index is 13.1. The third-order valence-corrected chi connectivity index (χ3v) is 5.70. The minimum Gasteiger partial charge on any atom is -0.497 e. The van der Waals surface area contributed by atoms with Crippen molar-refractivity contribution < 1.29 is 13.9 Å². The molecule has 0 radical (unpaired) electrons. The van der Waals surface area contributed by atoms with Crippen LogP contribution in [0.5, 0.6) is 5.75 Å². The molecule has 0 aliphatic heterocycles. The highest BCUT2D eigenvalue weighted by atomic mass is 32.1. The van der Waals surface area contributed by atoms with E-state index in [-0.39, 0.29) is 5.91 Å². The SMILES string of the molecule is COc1cc(NC(=O)c2csc(C(N)Nc3ccccc3)c2/N=C\N)c2ccoc2c1. The van der Waals surface area contributed by atoms with Crippen LogP contribution in [-0.2, 0) is 0 Å². The maximum absolute atomic E-state index is 13.1. The van der Waals surface area contributed by atoms with Gasteiger partial charge in [0.1, 0.15) is 17.5 Å². The lowest BCUT2D eigenvalue weighted by Crippen LogP contribution is -2.19. The Labute approximate surface area is 182 Å². The van der Waals surface area contributed by atoms with Crippen molar-refractivity contribution in [2.24, 2.45) is 16.5 Å². The first-order valence-corrected chi connectivity index (χ1v) is 10.3. The highest BCUT2D eigenvalue weighted by molar-refractivity contribution is 7.11. The van der Waals surface area contributed by atoms with Gasteiger partial charge in [0, 0.05) is 28.6 Å². The summed E-state index contributed by atoms with van der Waals surface area (Å²) in [6.07, 6.45) is 2.14. The number of carbonyl (C=O) groups excluding carboxylic acids is 1. The third kappa shape index (κ3) is 4.23. The molecule has 1 atom stereocenters. The van der Waals surface area contributed by atoms with Crippen molar-refractivity contribution in [3.63, 3.8) is 0 Å². The van der Waals surface area contributed by atoms with Gasteiger partial charge >= 0.3 is 0 Å². The van der Waals surface area contributed by atoms with E-state index in [0.717, 1.165) is 17.4 Å². The van der Waals surface area contributed by atoms with Crippen molar-refractivity contribution in [3.05, 3.63) is 70.6 Å². The van der Waals surface area contributed by atoms with Gasteiger partial charge in [0.15, 0.2) is 0 Å². The van der Waals surface area contributed by atoms with Gasteiger partial charge in [0.2, 0.25) is 0 Å². The number of thiophene rings is 1. The predicted molar refractivity (Wildman–Crippen MR) is 124 cm³/mol. The normalized spacial score (nSPS) is 12.2. The number of nitrogens with one attached hydrogen (secondary N) is 2. The van der Waals surface area contributed by atoms with Gasteiger partial charge < -0.3 is 31.3 Å². The van der Waals surface area contributed by atoms with Gasteiger partial charge in [-0.2, -0.15) is 0 Å². The number of nitrogens with two attached hydrogens (primary N) is 2. The summed E-state index contributed by atoms with van der Waals surface area (Å²) in [5, 5.41) is 8.60. The van der Waals surface area contributed by atoms with E-state index in [2.05, 4.69) is 15.6 Å². The standard InChI is InChI=1S/C22H21N5O3S/c1-29-14-9-17(15-7-8-30-18(15)10-14)27-22(28)16-11-31-20(19(16)25-12-23)21(24)26-13-5-3-2-4-6-13/h2-12,21,26H,24H2,1H3,(H2,23,25)(H,27,28).